The molecule has 104 valence electrons. The van der Waals surface area contributed by atoms with Crippen LogP contribution in [0.5, 0.6) is 0 Å². The number of amides is 1. The van der Waals surface area contributed by atoms with E-state index in [9.17, 15) is 4.79 Å². The fourth-order valence-electron chi connectivity index (χ4n) is 3.14. The number of carbonyl (C=O) groups is 1. The molecule has 1 fully saturated rings. The smallest absolute Gasteiger partial charge is 0.228 e. The second-order valence-electron chi connectivity index (χ2n) is 5.68. The third-order valence-corrected chi connectivity index (χ3v) is 5.69. The number of hydrogen-bond donors (Lipinski definition) is 2. The normalized spacial score (nSPS) is 20.1. The molecule has 1 aromatic rings. The maximum Gasteiger partial charge on any atom is 0.228 e. The van der Waals surface area contributed by atoms with Crippen LogP contribution in [0.15, 0.2) is 0 Å². The minimum absolute atomic E-state index is 0.194. The summed E-state index contributed by atoms with van der Waals surface area (Å²) in [6.07, 6.45) is 6.93. The number of nitrogens with one attached hydrogen (secondary N) is 2. The van der Waals surface area contributed by atoms with Crippen LogP contribution in [-0.2, 0) is 17.6 Å². The summed E-state index contributed by atoms with van der Waals surface area (Å²) in [5.41, 5.74) is 2.83. The molecular weight excluding hydrogens is 256 g/mol. The van der Waals surface area contributed by atoms with Crippen molar-refractivity contribution in [1.82, 2.24) is 5.32 Å². The number of fused-ring (bicyclic) bond motifs is 1. The van der Waals surface area contributed by atoms with E-state index in [1.807, 2.05) is 0 Å². The van der Waals surface area contributed by atoms with Crippen molar-refractivity contribution in [3.05, 3.63) is 16.0 Å². The van der Waals surface area contributed by atoms with Gasteiger partial charge in [0.25, 0.3) is 0 Å². The van der Waals surface area contributed by atoms with Gasteiger partial charge in [-0.15, -0.1) is 11.3 Å². The number of hydrogen-bond acceptors (Lipinski definition) is 3. The Labute approximate surface area is 118 Å². The van der Waals surface area contributed by atoms with Crippen molar-refractivity contribution < 1.29 is 4.79 Å². The first-order valence-corrected chi connectivity index (χ1v) is 8.20. The van der Waals surface area contributed by atoms with Crippen LogP contribution in [0.25, 0.3) is 0 Å². The van der Waals surface area contributed by atoms with Gasteiger partial charge in [-0.3, -0.25) is 4.79 Å². The van der Waals surface area contributed by atoms with E-state index in [4.69, 9.17) is 0 Å². The van der Waals surface area contributed by atoms with E-state index >= 15 is 0 Å². The van der Waals surface area contributed by atoms with Gasteiger partial charge in [0.15, 0.2) is 0 Å². The third-order valence-electron chi connectivity index (χ3n) is 4.38. The Morgan fingerprint density at radius 3 is 2.74 bits per heavy atom. The summed E-state index contributed by atoms with van der Waals surface area (Å²) in [4.78, 5) is 13.8. The molecule has 0 bridgehead atoms. The summed E-state index contributed by atoms with van der Waals surface area (Å²) in [6.45, 7) is 4.11. The van der Waals surface area contributed by atoms with E-state index in [1.165, 1.54) is 41.7 Å². The van der Waals surface area contributed by atoms with Crippen molar-refractivity contribution in [2.24, 2.45) is 5.92 Å². The van der Waals surface area contributed by atoms with Gasteiger partial charge >= 0.3 is 0 Å². The summed E-state index contributed by atoms with van der Waals surface area (Å²) < 4.78 is 0. The molecule has 19 heavy (non-hydrogen) atoms. The Bertz CT molecular complexity index is 475. The van der Waals surface area contributed by atoms with E-state index in [2.05, 4.69) is 17.6 Å². The summed E-state index contributed by atoms with van der Waals surface area (Å²) in [5.74, 6) is 0.419. The first kappa shape index (κ1) is 13.1. The Hall–Kier alpha value is -0.870. The van der Waals surface area contributed by atoms with Gasteiger partial charge in [-0.05, 0) is 69.7 Å². The standard InChI is InChI=1S/C15H22N2OS/c1-10-12-4-2-3-5-13(12)19-15(10)17-14(18)11-6-8-16-9-7-11/h11,16H,2-9H2,1H3,(H,17,18). The van der Waals surface area contributed by atoms with E-state index < -0.39 is 0 Å². The van der Waals surface area contributed by atoms with Crippen molar-refractivity contribution in [2.75, 3.05) is 18.4 Å². The van der Waals surface area contributed by atoms with Crippen molar-refractivity contribution in [3.8, 4) is 0 Å². The van der Waals surface area contributed by atoms with Gasteiger partial charge in [-0.25, -0.2) is 0 Å². The molecule has 0 aromatic carbocycles. The number of aryl methyl sites for hydroxylation is 1. The first-order valence-electron chi connectivity index (χ1n) is 7.38. The minimum Gasteiger partial charge on any atom is -0.317 e. The highest BCUT2D eigenvalue weighted by atomic mass is 32.1. The van der Waals surface area contributed by atoms with Crippen LogP contribution >= 0.6 is 11.3 Å². The zero-order valence-electron chi connectivity index (χ0n) is 11.6. The molecule has 1 aliphatic carbocycles. The number of anilines is 1. The topological polar surface area (TPSA) is 41.1 Å². The van der Waals surface area contributed by atoms with Crippen LogP contribution in [-0.4, -0.2) is 19.0 Å². The highest BCUT2D eigenvalue weighted by Gasteiger charge is 2.24. The SMILES string of the molecule is Cc1c(NC(=O)C2CCNCC2)sc2c1CCCC2. The maximum absolute atomic E-state index is 12.3. The molecule has 1 aromatic heterocycles. The van der Waals surface area contributed by atoms with E-state index in [0.717, 1.165) is 30.9 Å². The maximum atomic E-state index is 12.3. The minimum atomic E-state index is 0.194. The lowest BCUT2D eigenvalue weighted by atomic mass is 9.95. The van der Waals surface area contributed by atoms with E-state index in [-0.39, 0.29) is 11.8 Å². The molecule has 0 spiro atoms. The molecule has 4 heteroatoms. The van der Waals surface area contributed by atoms with Crippen LogP contribution in [0.1, 0.15) is 41.7 Å². The summed E-state index contributed by atoms with van der Waals surface area (Å²) in [6, 6.07) is 0. The molecule has 0 saturated carbocycles. The lowest BCUT2D eigenvalue weighted by molar-refractivity contribution is -0.120. The predicted molar refractivity (Wildman–Crippen MR) is 79.9 cm³/mol. The van der Waals surface area contributed by atoms with Gasteiger partial charge in [0.2, 0.25) is 5.91 Å². The highest BCUT2D eigenvalue weighted by Crippen LogP contribution is 2.37. The Morgan fingerprint density at radius 1 is 1.26 bits per heavy atom. The monoisotopic (exact) mass is 278 g/mol. The molecule has 1 saturated heterocycles. The highest BCUT2D eigenvalue weighted by molar-refractivity contribution is 7.16. The van der Waals surface area contributed by atoms with Crippen LogP contribution in [0.3, 0.4) is 0 Å². The average molecular weight is 278 g/mol. The summed E-state index contributed by atoms with van der Waals surface area (Å²) in [7, 11) is 0. The van der Waals surface area contributed by atoms with Gasteiger partial charge in [0.1, 0.15) is 0 Å². The third kappa shape index (κ3) is 2.70. The second-order valence-corrected chi connectivity index (χ2v) is 6.78. The molecule has 2 aliphatic rings. The number of carbonyl (C=O) groups excluding carboxylic acids is 1. The van der Waals surface area contributed by atoms with Crippen molar-refractivity contribution in [1.29, 1.82) is 0 Å². The Balaban J connectivity index is 1.72. The van der Waals surface area contributed by atoms with Crippen molar-refractivity contribution in [3.63, 3.8) is 0 Å². The fourth-order valence-corrected chi connectivity index (χ4v) is 4.44. The van der Waals surface area contributed by atoms with E-state index in [0.29, 0.717) is 0 Å². The largest absolute Gasteiger partial charge is 0.317 e. The molecule has 0 unspecified atom stereocenters. The lowest BCUT2D eigenvalue weighted by Gasteiger charge is -2.21. The molecule has 1 aliphatic heterocycles. The van der Waals surface area contributed by atoms with Crippen LogP contribution in [0.2, 0.25) is 0 Å². The number of thiophene rings is 1. The molecular formula is C15H22N2OS. The molecule has 2 N–H and O–H groups in total. The second kappa shape index (κ2) is 5.63. The summed E-state index contributed by atoms with van der Waals surface area (Å²) in [5, 5.41) is 7.60. The average Bonchev–Trinajstić information content (AvgIpc) is 2.77. The molecule has 0 radical (unpaired) electrons. The fraction of sp³-hybridized carbons (Fsp3) is 0.667. The molecule has 3 rings (SSSR count). The van der Waals surface area contributed by atoms with Crippen molar-refractivity contribution >= 4 is 22.2 Å². The number of piperidine rings is 1. The van der Waals surface area contributed by atoms with Gasteiger partial charge in [0, 0.05) is 10.8 Å². The molecule has 3 nitrogen and oxygen atoms in total. The van der Waals surface area contributed by atoms with Gasteiger partial charge in [-0.1, -0.05) is 0 Å². The Morgan fingerprint density at radius 2 is 2.00 bits per heavy atom. The first-order chi connectivity index (χ1) is 9.25. The van der Waals surface area contributed by atoms with Crippen molar-refractivity contribution in [2.45, 2.75) is 45.4 Å². The number of rotatable bonds is 2. The Kier molecular flexibility index (Phi) is 3.89. The van der Waals surface area contributed by atoms with Gasteiger partial charge < -0.3 is 10.6 Å². The van der Waals surface area contributed by atoms with Crippen LogP contribution in [0.4, 0.5) is 5.00 Å². The predicted octanol–water partition coefficient (Wildman–Crippen LogP) is 2.87. The van der Waals surface area contributed by atoms with E-state index in [1.54, 1.807) is 11.3 Å². The lowest BCUT2D eigenvalue weighted by Crippen LogP contribution is -2.34. The van der Waals surface area contributed by atoms with Crippen LogP contribution < -0.4 is 10.6 Å². The van der Waals surface area contributed by atoms with Crippen LogP contribution in [0, 0.1) is 12.8 Å². The zero-order chi connectivity index (χ0) is 13.2. The molecule has 1 amide bonds. The zero-order valence-corrected chi connectivity index (χ0v) is 12.4. The molecule has 0 atom stereocenters. The van der Waals surface area contributed by atoms with Gasteiger partial charge in [-0.2, -0.15) is 0 Å². The van der Waals surface area contributed by atoms with Gasteiger partial charge in [0.05, 0.1) is 5.00 Å². The molecule has 2 heterocycles. The quantitative estimate of drug-likeness (QED) is 0.873. The summed E-state index contributed by atoms with van der Waals surface area (Å²) >= 11 is 1.81.